The van der Waals surface area contributed by atoms with E-state index in [-0.39, 0.29) is 24.3 Å². The quantitative estimate of drug-likeness (QED) is 0.588. The summed E-state index contributed by atoms with van der Waals surface area (Å²) >= 11 is 0. The zero-order valence-electron chi connectivity index (χ0n) is 11.0. The van der Waals surface area contributed by atoms with E-state index in [4.69, 9.17) is 0 Å². The van der Waals surface area contributed by atoms with Gasteiger partial charge in [-0.15, -0.1) is 0 Å². The molecule has 6 nitrogen and oxygen atoms in total. The van der Waals surface area contributed by atoms with Gasteiger partial charge in [0, 0.05) is 12.5 Å². The molecule has 2 amide bonds. The largest absolute Gasteiger partial charge is 0.475 e. The molecule has 1 unspecified atom stereocenters. The highest BCUT2D eigenvalue weighted by atomic mass is 16.4. The van der Waals surface area contributed by atoms with Crippen LogP contribution in [0.1, 0.15) is 38.5 Å². The Morgan fingerprint density at radius 2 is 1.84 bits per heavy atom. The summed E-state index contributed by atoms with van der Waals surface area (Å²) in [7, 11) is -1.50. The first-order valence-corrected chi connectivity index (χ1v) is 7.03. The molecule has 3 N–H and O–H groups in total. The average Bonchev–Trinajstić information content (AvgIpc) is 3.04. The fourth-order valence-electron chi connectivity index (χ4n) is 3.01. The summed E-state index contributed by atoms with van der Waals surface area (Å²) in [6.07, 6.45) is 5.34. The Morgan fingerprint density at radius 3 is 2.47 bits per heavy atom. The van der Waals surface area contributed by atoms with Gasteiger partial charge in [0.1, 0.15) is 0 Å². The highest BCUT2D eigenvalue weighted by Gasteiger charge is 2.36. The molecule has 1 heterocycles. The lowest BCUT2D eigenvalue weighted by molar-refractivity contribution is -0.133. The Morgan fingerprint density at radius 1 is 1.16 bits per heavy atom. The molecule has 1 aliphatic carbocycles. The third-order valence-corrected chi connectivity index (χ3v) is 4.10. The fraction of sp³-hybridized carbons (Fsp3) is 0.833. The zero-order valence-corrected chi connectivity index (χ0v) is 11.0. The Bertz CT molecular complexity index is 345. The van der Waals surface area contributed by atoms with Crippen LogP contribution in [-0.2, 0) is 9.59 Å². The fourth-order valence-corrected chi connectivity index (χ4v) is 3.01. The number of nitrogens with zero attached hydrogens (tertiary/aromatic N) is 1. The summed E-state index contributed by atoms with van der Waals surface area (Å²) in [6, 6.07) is 0. The van der Waals surface area contributed by atoms with Gasteiger partial charge in [0.15, 0.2) is 0 Å². The highest BCUT2D eigenvalue weighted by Crippen LogP contribution is 2.24. The average molecular weight is 268 g/mol. The van der Waals surface area contributed by atoms with Crippen LogP contribution in [0.2, 0.25) is 0 Å². The number of carbonyl (C=O) groups is 2. The van der Waals surface area contributed by atoms with Crippen molar-refractivity contribution in [1.82, 2.24) is 10.2 Å². The van der Waals surface area contributed by atoms with Crippen molar-refractivity contribution in [2.24, 2.45) is 5.92 Å². The maximum atomic E-state index is 12.0. The molecule has 0 bridgehead atoms. The van der Waals surface area contributed by atoms with E-state index in [1.165, 1.54) is 4.90 Å². The molecular formula is C12H21BN2O4. The lowest BCUT2D eigenvalue weighted by Gasteiger charge is -2.24. The molecule has 0 aromatic rings. The number of hydrogen-bond acceptors (Lipinski definition) is 4. The molecule has 2 fully saturated rings. The van der Waals surface area contributed by atoms with Gasteiger partial charge < -0.3 is 20.3 Å². The van der Waals surface area contributed by atoms with Crippen LogP contribution in [0.15, 0.2) is 0 Å². The number of likely N-dealkylation sites (tertiary alicyclic amines) is 1. The van der Waals surface area contributed by atoms with Crippen LogP contribution in [-0.4, -0.2) is 52.9 Å². The van der Waals surface area contributed by atoms with Crippen LogP contribution in [0, 0.1) is 5.92 Å². The van der Waals surface area contributed by atoms with Gasteiger partial charge in [-0.05, 0) is 25.7 Å². The molecule has 106 valence electrons. The summed E-state index contributed by atoms with van der Waals surface area (Å²) in [6.45, 7) is 0.485. The van der Waals surface area contributed by atoms with E-state index in [1.54, 1.807) is 0 Å². The number of hydrogen-bond donors (Lipinski definition) is 3. The first kappa shape index (κ1) is 14.3. The maximum absolute atomic E-state index is 12.0. The Hall–Kier alpha value is -1.08. The lowest BCUT2D eigenvalue weighted by Crippen LogP contribution is -2.49. The maximum Gasteiger partial charge on any atom is 0.475 e. The van der Waals surface area contributed by atoms with E-state index in [9.17, 15) is 19.6 Å². The Labute approximate surface area is 113 Å². The smallest absolute Gasteiger partial charge is 0.426 e. The van der Waals surface area contributed by atoms with Crippen LogP contribution < -0.4 is 5.32 Å². The van der Waals surface area contributed by atoms with Crippen molar-refractivity contribution in [3.8, 4) is 0 Å². The van der Waals surface area contributed by atoms with Crippen molar-refractivity contribution in [1.29, 1.82) is 0 Å². The van der Waals surface area contributed by atoms with Gasteiger partial charge in [-0.2, -0.15) is 0 Å². The normalized spacial score (nSPS) is 23.7. The highest BCUT2D eigenvalue weighted by molar-refractivity contribution is 6.43. The van der Waals surface area contributed by atoms with Gasteiger partial charge in [-0.1, -0.05) is 12.8 Å². The molecule has 1 saturated carbocycles. The molecule has 1 atom stereocenters. The SMILES string of the molecule is O=C(NCC(=O)N1CCCC1B(O)O)C1CCCC1. The molecule has 0 spiro atoms. The van der Waals surface area contributed by atoms with Gasteiger partial charge in [-0.3, -0.25) is 9.59 Å². The van der Waals surface area contributed by atoms with Crippen molar-refractivity contribution >= 4 is 18.9 Å². The van der Waals surface area contributed by atoms with Crippen molar-refractivity contribution in [2.75, 3.05) is 13.1 Å². The van der Waals surface area contributed by atoms with Crippen LogP contribution >= 0.6 is 0 Å². The molecule has 19 heavy (non-hydrogen) atoms. The summed E-state index contributed by atoms with van der Waals surface area (Å²) in [5.41, 5.74) is 0. The minimum Gasteiger partial charge on any atom is -0.426 e. The van der Waals surface area contributed by atoms with E-state index < -0.39 is 13.1 Å². The predicted molar refractivity (Wildman–Crippen MR) is 69.9 cm³/mol. The van der Waals surface area contributed by atoms with E-state index in [0.29, 0.717) is 13.0 Å². The van der Waals surface area contributed by atoms with Gasteiger partial charge in [0.2, 0.25) is 11.8 Å². The molecule has 7 heteroatoms. The van der Waals surface area contributed by atoms with Gasteiger partial charge >= 0.3 is 7.12 Å². The van der Waals surface area contributed by atoms with Crippen molar-refractivity contribution in [2.45, 2.75) is 44.5 Å². The summed E-state index contributed by atoms with van der Waals surface area (Å²) in [4.78, 5) is 25.2. The van der Waals surface area contributed by atoms with Crippen LogP contribution in [0.25, 0.3) is 0 Å². The second kappa shape index (κ2) is 6.39. The second-order valence-electron chi connectivity index (χ2n) is 5.41. The lowest BCUT2D eigenvalue weighted by atomic mass is 9.78. The minimum atomic E-state index is -1.50. The summed E-state index contributed by atoms with van der Waals surface area (Å²) < 4.78 is 0. The monoisotopic (exact) mass is 268 g/mol. The second-order valence-corrected chi connectivity index (χ2v) is 5.41. The van der Waals surface area contributed by atoms with Crippen LogP contribution in [0.4, 0.5) is 0 Å². The van der Waals surface area contributed by atoms with Gasteiger partial charge in [0.25, 0.3) is 0 Å². The summed E-state index contributed by atoms with van der Waals surface area (Å²) in [5, 5.41) is 21.1. The van der Waals surface area contributed by atoms with E-state index >= 15 is 0 Å². The molecule has 2 rings (SSSR count). The molecule has 0 radical (unpaired) electrons. The Balaban J connectivity index is 1.79. The standard InChI is InChI=1S/C12H21BN2O4/c16-11(15-7-3-6-10(15)13(18)19)8-14-12(17)9-4-1-2-5-9/h9-10,18-19H,1-8H2,(H,14,17). The van der Waals surface area contributed by atoms with Crippen LogP contribution in [0.5, 0.6) is 0 Å². The molecule has 0 aromatic carbocycles. The van der Waals surface area contributed by atoms with Gasteiger partial charge in [0.05, 0.1) is 12.5 Å². The first-order valence-electron chi connectivity index (χ1n) is 7.03. The first-order chi connectivity index (χ1) is 9.09. The molecule has 0 aromatic heterocycles. The van der Waals surface area contributed by atoms with Crippen molar-refractivity contribution in [3.63, 3.8) is 0 Å². The number of rotatable bonds is 4. The minimum absolute atomic E-state index is 0.0431. The molecule has 1 aliphatic heterocycles. The van der Waals surface area contributed by atoms with Crippen molar-refractivity contribution < 1.29 is 19.6 Å². The molecule has 1 saturated heterocycles. The third-order valence-electron chi connectivity index (χ3n) is 4.10. The van der Waals surface area contributed by atoms with Gasteiger partial charge in [-0.25, -0.2) is 0 Å². The van der Waals surface area contributed by atoms with E-state index in [1.807, 2.05) is 0 Å². The molecule has 2 aliphatic rings. The van der Waals surface area contributed by atoms with E-state index in [0.717, 1.165) is 32.1 Å². The topological polar surface area (TPSA) is 89.9 Å². The number of nitrogens with one attached hydrogen (secondary N) is 1. The zero-order chi connectivity index (χ0) is 13.8. The molecular weight excluding hydrogens is 247 g/mol. The summed E-state index contributed by atoms with van der Waals surface area (Å²) in [5.74, 6) is -0.769. The van der Waals surface area contributed by atoms with Crippen molar-refractivity contribution in [3.05, 3.63) is 0 Å². The number of amides is 2. The third kappa shape index (κ3) is 3.48. The van der Waals surface area contributed by atoms with Crippen LogP contribution in [0.3, 0.4) is 0 Å². The number of carbonyl (C=O) groups excluding carboxylic acids is 2. The van der Waals surface area contributed by atoms with E-state index in [2.05, 4.69) is 5.32 Å². The Kier molecular flexibility index (Phi) is 4.82. The predicted octanol–water partition coefficient (Wildman–Crippen LogP) is -0.704.